The van der Waals surface area contributed by atoms with E-state index in [-0.39, 0.29) is 23.0 Å². The number of halogens is 1. The van der Waals surface area contributed by atoms with E-state index in [1.165, 1.54) is 12.1 Å². The molecular weight excluding hydrogens is 433 g/mol. The van der Waals surface area contributed by atoms with Crippen molar-refractivity contribution >= 4 is 17.6 Å². The molecule has 2 aromatic rings. The highest BCUT2D eigenvalue weighted by Crippen LogP contribution is 2.40. The molecule has 8 heteroatoms. The van der Waals surface area contributed by atoms with Crippen LogP contribution in [0.4, 0.5) is 10.2 Å². The first kappa shape index (κ1) is 24.1. The van der Waals surface area contributed by atoms with Gasteiger partial charge in [0.1, 0.15) is 17.5 Å². The van der Waals surface area contributed by atoms with Gasteiger partial charge in [-0.3, -0.25) is 9.59 Å². The summed E-state index contributed by atoms with van der Waals surface area (Å²) in [6, 6.07) is 8.22. The van der Waals surface area contributed by atoms with Crippen molar-refractivity contribution in [3.05, 3.63) is 53.2 Å². The van der Waals surface area contributed by atoms with Crippen molar-refractivity contribution in [2.45, 2.75) is 58.3 Å². The SMILES string of the molecule is CC(=O)N1CCC(Cc2ccc(F)cc2)(C(=O)N2CCC[C@@](C)(c3cc(N)nc(C)n3)C2)CC1. The van der Waals surface area contributed by atoms with Crippen LogP contribution < -0.4 is 5.73 Å². The highest BCUT2D eigenvalue weighted by molar-refractivity contribution is 5.84. The molecular formula is C26H34FN5O2. The summed E-state index contributed by atoms with van der Waals surface area (Å²) in [7, 11) is 0. The molecule has 0 radical (unpaired) electrons. The zero-order chi connectivity index (χ0) is 24.5. The molecule has 1 aromatic heterocycles. The second-order valence-corrected chi connectivity index (χ2v) is 10.2. The maximum Gasteiger partial charge on any atom is 0.229 e. The first-order chi connectivity index (χ1) is 16.1. The van der Waals surface area contributed by atoms with Crippen molar-refractivity contribution in [3.8, 4) is 0 Å². The molecule has 1 atom stereocenters. The summed E-state index contributed by atoms with van der Waals surface area (Å²) >= 11 is 0. The quantitative estimate of drug-likeness (QED) is 0.745. The molecule has 34 heavy (non-hydrogen) atoms. The number of nitrogen functional groups attached to an aromatic ring is 1. The Morgan fingerprint density at radius 3 is 2.35 bits per heavy atom. The van der Waals surface area contributed by atoms with Crippen LogP contribution in [0, 0.1) is 18.2 Å². The van der Waals surface area contributed by atoms with Gasteiger partial charge in [0.25, 0.3) is 0 Å². The summed E-state index contributed by atoms with van der Waals surface area (Å²) in [6.45, 7) is 7.89. The van der Waals surface area contributed by atoms with Crippen LogP contribution in [0.15, 0.2) is 30.3 Å². The smallest absolute Gasteiger partial charge is 0.229 e. The Bertz CT molecular complexity index is 1050. The Morgan fingerprint density at radius 1 is 1.06 bits per heavy atom. The molecule has 2 N–H and O–H groups in total. The van der Waals surface area contributed by atoms with Crippen LogP contribution >= 0.6 is 0 Å². The molecule has 2 fully saturated rings. The van der Waals surface area contributed by atoms with Gasteiger partial charge < -0.3 is 15.5 Å². The Kier molecular flexibility index (Phi) is 6.60. The highest BCUT2D eigenvalue weighted by atomic mass is 19.1. The molecule has 0 aliphatic carbocycles. The van der Waals surface area contributed by atoms with E-state index < -0.39 is 5.41 Å². The molecule has 4 rings (SSSR count). The number of carbonyl (C=O) groups is 2. The van der Waals surface area contributed by atoms with Crippen LogP contribution in [0.3, 0.4) is 0 Å². The number of hydrogen-bond donors (Lipinski definition) is 1. The number of benzene rings is 1. The molecule has 1 aromatic carbocycles. The molecule has 2 aliphatic rings. The summed E-state index contributed by atoms with van der Waals surface area (Å²) < 4.78 is 13.5. The van der Waals surface area contributed by atoms with Crippen molar-refractivity contribution < 1.29 is 14.0 Å². The highest BCUT2D eigenvalue weighted by Gasteiger charge is 2.46. The number of anilines is 1. The van der Waals surface area contributed by atoms with Gasteiger partial charge in [-0.1, -0.05) is 19.1 Å². The molecule has 182 valence electrons. The maximum absolute atomic E-state index is 14.2. The van der Waals surface area contributed by atoms with Gasteiger partial charge in [0.2, 0.25) is 11.8 Å². The third-order valence-corrected chi connectivity index (χ3v) is 7.54. The van der Waals surface area contributed by atoms with Crippen LogP contribution in [-0.4, -0.2) is 57.8 Å². The monoisotopic (exact) mass is 467 g/mol. The first-order valence-electron chi connectivity index (χ1n) is 12.0. The Balaban J connectivity index is 1.61. The van der Waals surface area contributed by atoms with E-state index in [0.29, 0.717) is 57.1 Å². The number of nitrogens with two attached hydrogens (primary N) is 1. The van der Waals surface area contributed by atoms with Gasteiger partial charge in [-0.15, -0.1) is 0 Å². The van der Waals surface area contributed by atoms with Gasteiger partial charge in [0.05, 0.1) is 11.1 Å². The summed E-state index contributed by atoms with van der Waals surface area (Å²) in [5.41, 5.74) is 6.87. The molecule has 2 aliphatic heterocycles. The van der Waals surface area contributed by atoms with Crippen LogP contribution in [0.1, 0.15) is 56.6 Å². The third-order valence-electron chi connectivity index (χ3n) is 7.54. The fourth-order valence-electron chi connectivity index (χ4n) is 5.57. The second kappa shape index (κ2) is 9.31. The number of piperidine rings is 2. The van der Waals surface area contributed by atoms with Crippen LogP contribution in [0.2, 0.25) is 0 Å². The third kappa shape index (κ3) is 4.91. The fourth-order valence-corrected chi connectivity index (χ4v) is 5.57. The van der Waals surface area contributed by atoms with Crippen LogP contribution in [0.5, 0.6) is 0 Å². The van der Waals surface area contributed by atoms with Crippen molar-refractivity contribution in [2.24, 2.45) is 5.41 Å². The van der Waals surface area contributed by atoms with E-state index >= 15 is 0 Å². The summed E-state index contributed by atoms with van der Waals surface area (Å²) in [4.78, 5) is 38.7. The summed E-state index contributed by atoms with van der Waals surface area (Å²) in [6.07, 6.45) is 3.50. The normalized spacial score (nSPS) is 22.5. The van der Waals surface area contributed by atoms with E-state index in [9.17, 15) is 14.0 Å². The van der Waals surface area contributed by atoms with Crippen LogP contribution in [-0.2, 0) is 21.4 Å². The Morgan fingerprint density at radius 2 is 1.74 bits per heavy atom. The predicted molar refractivity (Wildman–Crippen MR) is 128 cm³/mol. The number of aromatic nitrogens is 2. The largest absolute Gasteiger partial charge is 0.384 e. The topological polar surface area (TPSA) is 92.4 Å². The number of amides is 2. The zero-order valence-corrected chi connectivity index (χ0v) is 20.3. The van der Waals surface area contributed by atoms with Gasteiger partial charge in [-0.05, 0) is 56.7 Å². The molecule has 7 nitrogen and oxygen atoms in total. The molecule has 0 bridgehead atoms. The van der Waals surface area contributed by atoms with Gasteiger partial charge in [-0.2, -0.15) is 0 Å². The average molecular weight is 468 g/mol. The van der Waals surface area contributed by atoms with Crippen molar-refractivity contribution in [1.29, 1.82) is 0 Å². The second-order valence-electron chi connectivity index (χ2n) is 10.2. The van der Waals surface area contributed by atoms with Crippen LogP contribution in [0.25, 0.3) is 0 Å². The fraction of sp³-hybridized carbons (Fsp3) is 0.538. The number of aryl methyl sites for hydroxylation is 1. The van der Waals surface area contributed by atoms with E-state index in [1.807, 2.05) is 22.8 Å². The van der Waals surface area contributed by atoms with E-state index in [1.54, 1.807) is 19.1 Å². The average Bonchev–Trinajstić information content (AvgIpc) is 2.80. The molecule has 3 heterocycles. The zero-order valence-electron chi connectivity index (χ0n) is 20.3. The molecule has 2 saturated heterocycles. The minimum Gasteiger partial charge on any atom is -0.384 e. The van der Waals surface area contributed by atoms with E-state index in [4.69, 9.17) is 5.73 Å². The van der Waals surface area contributed by atoms with Gasteiger partial charge >= 0.3 is 0 Å². The lowest BCUT2D eigenvalue weighted by atomic mass is 9.71. The van der Waals surface area contributed by atoms with Crippen molar-refractivity contribution in [3.63, 3.8) is 0 Å². The Labute approximate surface area is 200 Å². The summed E-state index contributed by atoms with van der Waals surface area (Å²) in [5.74, 6) is 0.928. The minimum atomic E-state index is -0.622. The number of rotatable bonds is 4. The summed E-state index contributed by atoms with van der Waals surface area (Å²) in [5, 5.41) is 0. The number of likely N-dealkylation sites (tertiary alicyclic amines) is 2. The Hall–Kier alpha value is -3.03. The first-order valence-corrected chi connectivity index (χ1v) is 12.0. The van der Waals surface area contributed by atoms with Gasteiger partial charge in [0, 0.05) is 44.6 Å². The molecule has 0 unspecified atom stereocenters. The van der Waals surface area contributed by atoms with Gasteiger partial charge in [0.15, 0.2) is 0 Å². The standard InChI is InChI=1S/C26H34FN5O2/c1-18-29-22(15-23(28)30-18)25(3)9-4-12-32(17-25)24(34)26(10-13-31(14-11-26)19(2)33)16-20-5-7-21(27)8-6-20/h5-8,15H,4,9-14,16-17H2,1-3H3,(H2,28,29,30)/t25-/m1/s1. The number of carbonyl (C=O) groups excluding carboxylic acids is 2. The molecule has 0 saturated carbocycles. The molecule has 2 amide bonds. The van der Waals surface area contributed by atoms with E-state index in [0.717, 1.165) is 24.1 Å². The van der Waals surface area contributed by atoms with Crippen molar-refractivity contribution in [2.75, 3.05) is 31.9 Å². The van der Waals surface area contributed by atoms with Gasteiger partial charge in [-0.25, -0.2) is 14.4 Å². The number of hydrogen-bond acceptors (Lipinski definition) is 5. The lowest BCUT2D eigenvalue weighted by Crippen LogP contribution is -2.56. The lowest BCUT2D eigenvalue weighted by Gasteiger charge is -2.47. The van der Waals surface area contributed by atoms with Crippen molar-refractivity contribution in [1.82, 2.24) is 19.8 Å². The number of nitrogens with zero attached hydrogens (tertiary/aromatic N) is 4. The minimum absolute atomic E-state index is 0.0325. The maximum atomic E-state index is 14.2. The molecule has 0 spiro atoms. The predicted octanol–water partition coefficient (Wildman–Crippen LogP) is 3.26. The van der Waals surface area contributed by atoms with E-state index in [2.05, 4.69) is 16.9 Å². The lowest BCUT2D eigenvalue weighted by molar-refractivity contribution is -0.150.